The summed E-state index contributed by atoms with van der Waals surface area (Å²) in [6, 6.07) is 1.37. The zero-order valence-corrected chi connectivity index (χ0v) is 19.0. The van der Waals surface area contributed by atoms with Gasteiger partial charge in [-0.1, -0.05) is 0 Å². The molecule has 1 aliphatic rings. The van der Waals surface area contributed by atoms with Gasteiger partial charge in [0.2, 0.25) is 5.95 Å². The molecule has 0 saturated carbocycles. The highest BCUT2D eigenvalue weighted by Gasteiger charge is 2.36. The summed E-state index contributed by atoms with van der Waals surface area (Å²) in [5.74, 6) is 0.108. The van der Waals surface area contributed by atoms with E-state index in [-0.39, 0.29) is 5.54 Å². The van der Waals surface area contributed by atoms with E-state index in [9.17, 15) is 4.39 Å². The second-order valence-corrected chi connectivity index (χ2v) is 8.89. The Hall–Kier alpha value is -2.01. The lowest BCUT2D eigenvalue weighted by Crippen LogP contribution is -2.49. The number of hydrogen-bond donors (Lipinski definition) is 1. The monoisotopic (exact) mass is 436 g/mol. The van der Waals surface area contributed by atoms with Crippen LogP contribution in [0.15, 0.2) is 12.3 Å². The average Bonchev–Trinajstić information content (AvgIpc) is 3.22. The average molecular weight is 437 g/mol. The van der Waals surface area contributed by atoms with Gasteiger partial charge in [0.25, 0.3) is 0 Å². The first-order valence-corrected chi connectivity index (χ1v) is 10.6. The molecule has 3 rings (SSSR count). The van der Waals surface area contributed by atoms with Gasteiger partial charge < -0.3 is 19.5 Å². The lowest BCUT2D eigenvalue weighted by Gasteiger charge is -2.38. The summed E-state index contributed by atoms with van der Waals surface area (Å²) in [5.41, 5.74) is 0.453. The highest BCUT2D eigenvalue weighted by Crippen LogP contribution is 2.30. The molecule has 31 heavy (non-hydrogen) atoms. The van der Waals surface area contributed by atoms with Crippen LogP contribution in [-0.4, -0.2) is 70.9 Å². The first kappa shape index (κ1) is 23.6. The minimum absolute atomic E-state index is 0.344. The molecule has 0 amide bonds. The van der Waals surface area contributed by atoms with Crippen LogP contribution < -0.4 is 5.32 Å². The van der Waals surface area contributed by atoms with E-state index in [1.165, 1.54) is 6.20 Å². The summed E-state index contributed by atoms with van der Waals surface area (Å²) in [7, 11) is 1.65. The summed E-state index contributed by atoms with van der Waals surface area (Å²) in [6.45, 7) is 10.6. The van der Waals surface area contributed by atoms with Crippen molar-refractivity contribution >= 4 is 0 Å². The van der Waals surface area contributed by atoms with Crippen molar-refractivity contribution in [2.45, 2.75) is 57.7 Å². The molecule has 1 fully saturated rings. The topological polar surface area (TPSA) is 96.2 Å². The van der Waals surface area contributed by atoms with Crippen LogP contribution in [0, 0.1) is 12.9 Å². The SMILES string of the molecule is COCCOC1(CNC(c2ccnc(F)c2C)c2nnnn2C(C)(C)C)CCOCC1. The number of tetrazole rings is 1. The molecule has 1 atom stereocenters. The van der Waals surface area contributed by atoms with Gasteiger partial charge >= 0.3 is 0 Å². The lowest BCUT2D eigenvalue weighted by atomic mass is 9.92. The first-order chi connectivity index (χ1) is 14.8. The first-order valence-electron chi connectivity index (χ1n) is 10.6. The maximum Gasteiger partial charge on any atom is 0.216 e. The van der Waals surface area contributed by atoms with E-state index in [0.717, 1.165) is 18.4 Å². The van der Waals surface area contributed by atoms with Crippen molar-refractivity contribution in [3.05, 3.63) is 35.2 Å². The molecule has 172 valence electrons. The van der Waals surface area contributed by atoms with Gasteiger partial charge in [0, 0.05) is 51.5 Å². The number of nitrogens with one attached hydrogen (secondary N) is 1. The van der Waals surface area contributed by atoms with Crippen molar-refractivity contribution in [3.8, 4) is 0 Å². The van der Waals surface area contributed by atoms with E-state index in [1.807, 2.05) is 20.8 Å². The molecule has 1 N–H and O–H groups in total. The third-order valence-corrected chi connectivity index (χ3v) is 5.61. The van der Waals surface area contributed by atoms with Gasteiger partial charge in [0.1, 0.15) is 0 Å². The van der Waals surface area contributed by atoms with Crippen LogP contribution in [0.5, 0.6) is 0 Å². The van der Waals surface area contributed by atoms with E-state index < -0.39 is 17.6 Å². The number of aromatic nitrogens is 5. The predicted octanol–water partition coefficient (Wildman–Crippen LogP) is 2.16. The number of ether oxygens (including phenoxy) is 3. The Morgan fingerprint density at radius 3 is 2.71 bits per heavy atom. The van der Waals surface area contributed by atoms with E-state index in [2.05, 4.69) is 25.8 Å². The van der Waals surface area contributed by atoms with E-state index in [4.69, 9.17) is 14.2 Å². The fraction of sp³-hybridized carbons (Fsp3) is 0.714. The summed E-state index contributed by atoms with van der Waals surface area (Å²) in [4.78, 5) is 3.78. The van der Waals surface area contributed by atoms with Crippen LogP contribution in [0.3, 0.4) is 0 Å². The molecular weight excluding hydrogens is 403 g/mol. The van der Waals surface area contributed by atoms with Gasteiger partial charge in [-0.2, -0.15) is 4.39 Å². The highest BCUT2D eigenvalue weighted by molar-refractivity contribution is 5.31. The number of rotatable bonds is 9. The second kappa shape index (κ2) is 10.1. The van der Waals surface area contributed by atoms with Gasteiger partial charge in [-0.15, -0.1) is 5.10 Å². The van der Waals surface area contributed by atoms with E-state index in [0.29, 0.717) is 44.4 Å². The quantitative estimate of drug-likeness (QED) is 0.472. The fourth-order valence-electron chi connectivity index (χ4n) is 3.77. The molecule has 3 heterocycles. The Morgan fingerprint density at radius 1 is 1.29 bits per heavy atom. The Kier molecular flexibility index (Phi) is 7.68. The molecule has 10 heteroatoms. The normalized spacial score (nSPS) is 17.6. The molecule has 1 saturated heterocycles. The number of pyridine rings is 1. The van der Waals surface area contributed by atoms with Crippen molar-refractivity contribution in [3.63, 3.8) is 0 Å². The van der Waals surface area contributed by atoms with Crippen molar-refractivity contribution in [2.75, 3.05) is 40.1 Å². The van der Waals surface area contributed by atoms with Gasteiger partial charge in [-0.05, 0) is 49.8 Å². The molecule has 1 aliphatic heterocycles. The maximum absolute atomic E-state index is 14.3. The molecule has 0 spiro atoms. The van der Waals surface area contributed by atoms with Gasteiger partial charge in [-0.25, -0.2) is 9.67 Å². The maximum atomic E-state index is 14.3. The number of methoxy groups -OCH3 is 1. The number of halogens is 1. The van der Waals surface area contributed by atoms with Gasteiger partial charge in [0.15, 0.2) is 5.82 Å². The van der Waals surface area contributed by atoms with Gasteiger partial charge in [0.05, 0.1) is 30.4 Å². The van der Waals surface area contributed by atoms with Crippen LogP contribution in [-0.2, 0) is 19.7 Å². The van der Waals surface area contributed by atoms with Crippen molar-refractivity contribution in [1.82, 2.24) is 30.5 Å². The summed E-state index contributed by atoms with van der Waals surface area (Å²) < 4.78 is 33.1. The summed E-state index contributed by atoms with van der Waals surface area (Å²) in [6.07, 6.45) is 2.98. The zero-order valence-electron chi connectivity index (χ0n) is 19.0. The van der Waals surface area contributed by atoms with Crippen molar-refractivity contribution in [1.29, 1.82) is 0 Å². The van der Waals surface area contributed by atoms with Crippen molar-refractivity contribution < 1.29 is 18.6 Å². The molecule has 1 unspecified atom stereocenters. The molecule has 0 aliphatic carbocycles. The molecule has 2 aromatic heterocycles. The summed E-state index contributed by atoms with van der Waals surface area (Å²) >= 11 is 0. The van der Waals surface area contributed by atoms with Crippen molar-refractivity contribution in [2.24, 2.45) is 0 Å². The van der Waals surface area contributed by atoms with Crippen LogP contribution >= 0.6 is 0 Å². The Balaban J connectivity index is 1.93. The fourth-order valence-corrected chi connectivity index (χ4v) is 3.77. The Labute approximate surface area is 182 Å². The minimum Gasteiger partial charge on any atom is -0.382 e. The van der Waals surface area contributed by atoms with Crippen LogP contribution in [0.2, 0.25) is 0 Å². The van der Waals surface area contributed by atoms with E-state index in [1.54, 1.807) is 24.8 Å². The third-order valence-electron chi connectivity index (χ3n) is 5.61. The minimum atomic E-state index is -0.504. The smallest absolute Gasteiger partial charge is 0.216 e. The lowest BCUT2D eigenvalue weighted by molar-refractivity contribution is -0.118. The van der Waals surface area contributed by atoms with E-state index >= 15 is 0 Å². The molecule has 0 radical (unpaired) electrons. The molecular formula is C21H33FN6O3. The molecule has 2 aromatic rings. The molecule has 0 bridgehead atoms. The van der Waals surface area contributed by atoms with Crippen LogP contribution in [0.4, 0.5) is 4.39 Å². The third kappa shape index (κ3) is 5.62. The molecule has 9 nitrogen and oxygen atoms in total. The highest BCUT2D eigenvalue weighted by atomic mass is 19.1. The Bertz CT molecular complexity index is 848. The second-order valence-electron chi connectivity index (χ2n) is 8.89. The standard InChI is InChI=1S/C21H33FN6O3/c1-15-16(6-9-23-18(15)22)17(19-25-26-27-28(19)20(2,3)4)24-14-21(31-13-12-29-5)7-10-30-11-8-21/h6,9,17,24H,7-8,10-14H2,1-5H3. The largest absolute Gasteiger partial charge is 0.382 e. The molecule has 0 aromatic carbocycles. The summed E-state index contributed by atoms with van der Waals surface area (Å²) in [5, 5.41) is 16.0. The predicted molar refractivity (Wildman–Crippen MR) is 112 cm³/mol. The number of hydrogen-bond acceptors (Lipinski definition) is 8. The van der Waals surface area contributed by atoms with Gasteiger partial charge in [-0.3, -0.25) is 0 Å². The van der Waals surface area contributed by atoms with Crippen LogP contribution in [0.25, 0.3) is 0 Å². The number of nitrogens with zero attached hydrogens (tertiary/aromatic N) is 5. The van der Waals surface area contributed by atoms with Crippen LogP contribution in [0.1, 0.15) is 56.6 Å². The zero-order chi connectivity index (χ0) is 22.5. The Morgan fingerprint density at radius 2 is 2.03 bits per heavy atom.